The lowest BCUT2D eigenvalue weighted by molar-refractivity contribution is 0.139. The van der Waals surface area contributed by atoms with Crippen LogP contribution in [0, 0.1) is 0 Å². The lowest BCUT2D eigenvalue weighted by Gasteiger charge is -2.34. The van der Waals surface area contributed by atoms with Crippen LogP contribution in [0.4, 0.5) is 5.69 Å². The minimum Gasteiger partial charge on any atom is -0.369 e. The molecular formula is C18H23N9O. The molecule has 3 aromatic heterocycles. The van der Waals surface area contributed by atoms with E-state index in [1.54, 1.807) is 6.33 Å². The molecule has 1 unspecified atom stereocenters. The van der Waals surface area contributed by atoms with Crippen LogP contribution in [0.5, 0.6) is 0 Å². The molecule has 10 heteroatoms. The molecule has 5 heterocycles. The number of nitrogens with zero attached hydrogens (tertiary/aromatic N) is 9. The molecule has 0 saturated carbocycles. The number of aromatic nitrogens is 6. The fraction of sp³-hybridized carbons (Fsp3) is 0.500. The highest BCUT2D eigenvalue weighted by Gasteiger charge is 2.30. The van der Waals surface area contributed by atoms with Crippen LogP contribution in [0.2, 0.25) is 0 Å². The van der Waals surface area contributed by atoms with E-state index in [1.165, 1.54) is 0 Å². The molecule has 0 spiro atoms. The van der Waals surface area contributed by atoms with Crippen molar-refractivity contribution in [2.75, 3.05) is 45.2 Å². The molecule has 0 radical (unpaired) electrons. The van der Waals surface area contributed by atoms with Crippen molar-refractivity contribution in [3.05, 3.63) is 36.4 Å². The zero-order chi connectivity index (χ0) is 19.1. The van der Waals surface area contributed by atoms with Crippen LogP contribution >= 0.6 is 0 Å². The normalized spacial score (nSPS) is 21.1. The molecule has 0 amide bonds. The van der Waals surface area contributed by atoms with E-state index >= 15 is 0 Å². The van der Waals surface area contributed by atoms with E-state index < -0.39 is 0 Å². The molecule has 5 rings (SSSR count). The number of rotatable bonds is 3. The predicted octanol–water partition coefficient (Wildman–Crippen LogP) is 0.662. The molecule has 2 aliphatic rings. The van der Waals surface area contributed by atoms with Gasteiger partial charge in [-0.15, -0.1) is 10.2 Å². The summed E-state index contributed by atoms with van der Waals surface area (Å²) < 4.78 is 7.63. The second kappa shape index (κ2) is 6.95. The Kier molecular flexibility index (Phi) is 4.29. The quantitative estimate of drug-likeness (QED) is 0.649. The van der Waals surface area contributed by atoms with Gasteiger partial charge in [0.05, 0.1) is 6.54 Å². The lowest BCUT2D eigenvalue weighted by Crippen LogP contribution is -2.44. The molecule has 3 aromatic rings. The van der Waals surface area contributed by atoms with E-state index in [9.17, 15) is 0 Å². The largest absolute Gasteiger partial charge is 0.369 e. The molecule has 146 valence electrons. The number of piperazine rings is 1. The second-order valence-electron chi connectivity index (χ2n) is 7.48. The zero-order valence-corrected chi connectivity index (χ0v) is 16.1. The van der Waals surface area contributed by atoms with Gasteiger partial charge < -0.3 is 18.9 Å². The van der Waals surface area contributed by atoms with Gasteiger partial charge in [0.25, 0.3) is 0 Å². The third-order valence-electron chi connectivity index (χ3n) is 5.56. The van der Waals surface area contributed by atoms with Crippen LogP contribution < -0.4 is 4.90 Å². The minimum atomic E-state index is -0.00874. The van der Waals surface area contributed by atoms with E-state index in [2.05, 4.69) is 47.1 Å². The molecule has 10 nitrogen and oxygen atoms in total. The molecule has 2 aliphatic heterocycles. The second-order valence-corrected chi connectivity index (χ2v) is 7.48. The van der Waals surface area contributed by atoms with Crippen LogP contribution in [0.15, 0.2) is 29.2 Å². The van der Waals surface area contributed by atoms with Crippen molar-refractivity contribution in [3.8, 4) is 11.5 Å². The first-order valence-corrected chi connectivity index (χ1v) is 9.48. The first-order chi connectivity index (χ1) is 13.7. The molecule has 0 bridgehead atoms. The summed E-state index contributed by atoms with van der Waals surface area (Å²) in [6.45, 7) is 5.51. The van der Waals surface area contributed by atoms with Gasteiger partial charge >= 0.3 is 0 Å². The molecule has 28 heavy (non-hydrogen) atoms. The summed E-state index contributed by atoms with van der Waals surface area (Å²) in [6, 6.07) is 4.08. The molecular weight excluding hydrogens is 358 g/mol. The van der Waals surface area contributed by atoms with Gasteiger partial charge in [-0.1, -0.05) is 5.16 Å². The molecule has 1 saturated heterocycles. The fourth-order valence-corrected chi connectivity index (χ4v) is 3.76. The van der Waals surface area contributed by atoms with Gasteiger partial charge in [0.1, 0.15) is 23.9 Å². The summed E-state index contributed by atoms with van der Waals surface area (Å²) >= 11 is 0. The van der Waals surface area contributed by atoms with Crippen molar-refractivity contribution in [3.63, 3.8) is 0 Å². The molecule has 0 N–H and O–H groups in total. The number of hydrogen-bond acceptors (Lipinski definition) is 9. The number of hydrogen-bond donors (Lipinski definition) is 0. The Morgan fingerprint density at radius 1 is 1.14 bits per heavy atom. The van der Waals surface area contributed by atoms with Gasteiger partial charge in [-0.3, -0.25) is 9.88 Å². The summed E-state index contributed by atoms with van der Waals surface area (Å²) in [6.07, 6.45) is 3.56. The average Bonchev–Trinajstić information content (AvgIpc) is 3.37. The number of likely N-dealkylation sites (N-methyl/N-ethyl adjacent to an activating group) is 2. The number of pyridine rings is 1. The third-order valence-corrected chi connectivity index (χ3v) is 5.56. The van der Waals surface area contributed by atoms with E-state index in [0.717, 1.165) is 43.4 Å². The summed E-state index contributed by atoms with van der Waals surface area (Å²) in [7, 11) is 4.18. The Hall–Kier alpha value is -2.85. The standard InChI is InChI=1S/C18H23N9O/c1-24-5-7-26(8-6-24)13-3-4-19-14(9-13)17-21-18(28-23-17)15-10-27-12-20-22-16(27)11-25(15)2/h3-4,9,12,15H,5-8,10-11H2,1-2H3. The van der Waals surface area contributed by atoms with Crippen molar-refractivity contribution < 1.29 is 4.52 Å². The minimum absolute atomic E-state index is 0.00874. The molecule has 1 atom stereocenters. The highest BCUT2D eigenvalue weighted by atomic mass is 16.5. The molecule has 0 aliphatic carbocycles. The van der Waals surface area contributed by atoms with Gasteiger partial charge in [0.15, 0.2) is 0 Å². The predicted molar refractivity (Wildman–Crippen MR) is 101 cm³/mol. The Balaban J connectivity index is 1.37. The summed E-state index contributed by atoms with van der Waals surface area (Å²) in [5.74, 6) is 2.05. The number of fused-ring (bicyclic) bond motifs is 1. The summed E-state index contributed by atoms with van der Waals surface area (Å²) in [5.41, 5.74) is 1.88. The van der Waals surface area contributed by atoms with E-state index in [0.29, 0.717) is 24.8 Å². The maximum Gasteiger partial charge on any atom is 0.246 e. The topological polar surface area (TPSA) is 92.2 Å². The van der Waals surface area contributed by atoms with Gasteiger partial charge in [0.2, 0.25) is 11.7 Å². The maximum absolute atomic E-state index is 5.60. The smallest absolute Gasteiger partial charge is 0.246 e. The van der Waals surface area contributed by atoms with Crippen LogP contribution in [0.25, 0.3) is 11.5 Å². The van der Waals surface area contributed by atoms with Crippen molar-refractivity contribution in [1.29, 1.82) is 0 Å². The van der Waals surface area contributed by atoms with Crippen molar-refractivity contribution in [2.24, 2.45) is 0 Å². The van der Waals surface area contributed by atoms with E-state index in [4.69, 9.17) is 4.52 Å². The number of anilines is 1. The van der Waals surface area contributed by atoms with Crippen LogP contribution in [-0.2, 0) is 13.1 Å². The summed E-state index contributed by atoms with van der Waals surface area (Å²) in [4.78, 5) is 16.0. The van der Waals surface area contributed by atoms with Gasteiger partial charge in [0, 0.05) is 44.6 Å². The highest BCUT2D eigenvalue weighted by molar-refractivity contribution is 5.58. The van der Waals surface area contributed by atoms with Gasteiger partial charge in [-0.25, -0.2) is 0 Å². The van der Waals surface area contributed by atoms with Crippen molar-refractivity contribution in [1.82, 2.24) is 39.7 Å². The third kappa shape index (κ3) is 3.14. The Labute approximate surface area is 162 Å². The maximum atomic E-state index is 5.60. The van der Waals surface area contributed by atoms with E-state index in [1.807, 2.05) is 29.9 Å². The van der Waals surface area contributed by atoms with Gasteiger partial charge in [-0.05, 0) is 26.2 Å². The Bertz CT molecular complexity index is 959. The summed E-state index contributed by atoms with van der Waals surface area (Å²) in [5, 5.41) is 12.3. The first kappa shape index (κ1) is 17.3. The fourth-order valence-electron chi connectivity index (χ4n) is 3.76. The van der Waals surface area contributed by atoms with Crippen LogP contribution in [0.1, 0.15) is 17.8 Å². The Morgan fingerprint density at radius 2 is 2.00 bits per heavy atom. The van der Waals surface area contributed by atoms with Crippen LogP contribution in [0.3, 0.4) is 0 Å². The Morgan fingerprint density at radius 3 is 2.86 bits per heavy atom. The molecule has 0 aromatic carbocycles. The van der Waals surface area contributed by atoms with Crippen LogP contribution in [-0.4, -0.2) is 80.0 Å². The molecule has 1 fully saturated rings. The van der Waals surface area contributed by atoms with Crippen molar-refractivity contribution >= 4 is 5.69 Å². The average molecular weight is 381 g/mol. The zero-order valence-electron chi connectivity index (χ0n) is 16.1. The lowest BCUT2D eigenvalue weighted by atomic mass is 10.2. The first-order valence-electron chi connectivity index (χ1n) is 9.48. The van der Waals surface area contributed by atoms with Crippen molar-refractivity contribution in [2.45, 2.75) is 19.1 Å². The SMILES string of the molecule is CN1CCN(c2ccnc(-c3noc(C4Cn5cnnc5CN4C)n3)c2)CC1. The van der Waals surface area contributed by atoms with Gasteiger partial charge in [-0.2, -0.15) is 4.98 Å². The van der Waals surface area contributed by atoms with E-state index in [-0.39, 0.29) is 6.04 Å². The monoisotopic (exact) mass is 381 g/mol. The highest BCUT2D eigenvalue weighted by Crippen LogP contribution is 2.28.